The molecule has 10 nitrogen and oxygen atoms in total. The molecule has 5 aromatic rings. The first-order chi connectivity index (χ1) is 22.0. The highest BCUT2D eigenvalue weighted by Crippen LogP contribution is 2.39. The first-order valence-electron chi connectivity index (χ1n) is 13.7. The quantitative estimate of drug-likeness (QED) is 0.144. The van der Waals surface area contributed by atoms with Crippen LogP contribution in [0.1, 0.15) is 18.1 Å². The van der Waals surface area contributed by atoms with E-state index in [0.29, 0.717) is 38.5 Å². The molecule has 0 fully saturated rings. The predicted octanol–water partition coefficient (Wildman–Crippen LogP) is 6.44. The number of methoxy groups -OCH3 is 1. The summed E-state index contributed by atoms with van der Waals surface area (Å²) in [6.07, 6.45) is 2.21. The number of halogens is 2. The number of carbonyl (C=O) groups is 2. The van der Waals surface area contributed by atoms with Crippen molar-refractivity contribution in [2.24, 2.45) is 5.73 Å². The average molecular weight is 664 g/mol. The number of primary amides is 1. The van der Waals surface area contributed by atoms with Gasteiger partial charge in [0, 0.05) is 42.9 Å². The Bertz CT molecular complexity index is 1900. The molecule has 0 aliphatic rings. The summed E-state index contributed by atoms with van der Waals surface area (Å²) >= 11 is 6.55. The number of thiophene rings is 1. The highest BCUT2D eigenvalue weighted by molar-refractivity contribution is 7.80. The second kappa shape index (κ2) is 13.9. The van der Waals surface area contributed by atoms with Crippen LogP contribution in [0.2, 0.25) is 0 Å². The van der Waals surface area contributed by atoms with E-state index >= 15 is 4.39 Å². The predicted molar refractivity (Wildman–Crippen MR) is 174 cm³/mol. The molecule has 1 unspecified atom stereocenters. The number of amides is 2. The smallest absolute Gasteiger partial charge is 0.405 e. The Morgan fingerprint density at radius 2 is 1.80 bits per heavy atom. The normalized spacial score (nSPS) is 12.3. The Morgan fingerprint density at radius 3 is 2.48 bits per heavy atom. The highest BCUT2D eigenvalue weighted by Gasteiger charge is 2.31. The number of anilines is 1. The van der Waals surface area contributed by atoms with Crippen molar-refractivity contribution in [3.05, 3.63) is 102 Å². The maximum atomic E-state index is 15.1. The van der Waals surface area contributed by atoms with E-state index in [-0.39, 0.29) is 23.9 Å². The van der Waals surface area contributed by atoms with E-state index in [2.05, 4.69) is 20.6 Å². The van der Waals surface area contributed by atoms with Crippen LogP contribution in [0.3, 0.4) is 0 Å². The van der Waals surface area contributed by atoms with Gasteiger partial charge in [-0.2, -0.15) is 0 Å². The number of nitrogens with two attached hydrogens (primary N) is 1. The Kier molecular flexibility index (Phi) is 9.80. The molecule has 236 valence electrons. The summed E-state index contributed by atoms with van der Waals surface area (Å²) < 4.78 is 45.3. The van der Waals surface area contributed by atoms with Crippen molar-refractivity contribution >= 4 is 56.6 Å². The zero-order valence-electron chi connectivity index (χ0n) is 24.5. The number of hydrogen-bond donors (Lipinski definition) is 3. The van der Waals surface area contributed by atoms with Crippen LogP contribution in [-0.4, -0.2) is 40.8 Å². The highest BCUT2D eigenvalue weighted by atomic mass is 32.1. The molecule has 0 aliphatic heterocycles. The third-order valence-corrected chi connectivity index (χ3v) is 8.05. The summed E-state index contributed by atoms with van der Waals surface area (Å²) in [5.41, 5.74) is 6.91. The molecule has 0 saturated heterocycles. The summed E-state index contributed by atoms with van der Waals surface area (Å²) in [4.78, 5) is 33.5. The molecule has 46 heavy (non-hydrogen) atoms. The number of hydrogen-bond acceptors (Lipinski definition) is 9. The number of pyridine rings is 2. The van der Waals surface area contributed by atoms with Gasteiger partial charge < -0.3 is 30.6 Å². The Morgan fingerprint density at radius 1 is 1.02 bits per heavy atom. The standard InChI is InChI=1S/C32H27F2N5O5S2/c1-32(17-42-2,44-30(35)41)19-5-9-23(37-16-19)27-15-24-29(46-27)26(11-12-36-24)43-25-10-8-21(14-22(25)34)38-31(45)39-28(40)13-18-3-6-20(33)7-4-18/h3-12,14-16H,13,17H2,1-2H3,(H2,35,41)(H2,38,39,40,45). The second-order valence-electron chi connectivity index (χ2n) is 10.2. The van der Waals surface area contributed by atoms with Gasteiger partial charge in [-0.25, -0.2) is 13.6 Å². The van der Waals surface area contributed by atoms with E-state index in [4.69, 9.17) is 32.2 Å². The molecule has 3 aromatic heterocycles. The molecule has 2 amide bonds. The number of carbonyl (C=O) groups excluding carboxylic acids is 2. The number of ether oxygens (including phenoxy) is 3. The van der Waals surface area contributed by atoms with Crippen molar-refractivity contribution in [1.82, 2.24) is 15.3 Å². The second-order valence-corrected chi connectivity index (χ2v) is 11.7. The Labute approximate surface area is 271 Å². The molecule has 14 heteroatoms. The Hall–Kier alpha value is -5.05. The number of nitrogens with zero attached hydrogens (tertiary/aromatic N) is 2. The van der Waals surface area contributed by atoms with Crippen molar-refractivity contribution in [3.8, 4) is 22.1 Å². The molecule has 5 rings (SSSR count). The minimum Gasteiger partial charge on any atom is -0.453 e. The van der Waals surface area contributed by atoms with Gasteiger partial charge in [-0.05, 0) is 61.1 Å². The van der Waals surface area contributed by atoms with Crippen LogP contribution in [0.25, 0.3) is 20.8 Å². The van der Waals surface area contributed by atoms with E-state index in [1.807, 2.05) is 6.07 Å². The molecule has 1 atom stereocenters. The zero-order chi connectivity index (χ0) is 32.8. The first kappa shape index (κ1) is 32.3. The molecule has 3 heterocycles. The lowest BCUT2D eigenvalue weighted by atomic mass is 9.98. The monoisotopic (exact) mass is 663 g/mol. The molecule has 2 aromatic carbocycles. The molecule has 4 N–H and O–H groups in total. The van der Waals surface area contributed by atoms with Gasteiger partial charge in [-0.1, -0.05) is 18.2 Å². The fraction of sp³-hybridized carbons (Fsp3) is 0.156. The fourth-order valence-corrected chi connectivity index (χ4v) is 5.82. The van der Waals surface area contributed by atoms with Crippen LogP contribution in [0.15, 0.2) is 79.1 Å². The van der Waals surface area contributed by atoms with Crippen LogP contribution < -0.4 is 21.1 Å². The third-order valence-electron chi connectivity index (χ3n) is 6.69. The zero-order valence-corrected chi connectivity index (χ0v) is 26.1. The summed E-state index contributed by atoms with van der Waals surface area (Å²) in [6.45, 7) is 1.76. The summed E-state index contributed by atoms with van der Waals surface area (Å²) in [5, 5.41) is 5.27. The number of rotatable bonds is 10. The molecule has 0 bridgehead atoms. The summed E-state index contributed by atoms with van der Waals surface area (Å²) in [7, 11) is 1.49. The summed E-state index contributed by atoms with van der Waals surface area (Å²) in [5.74, 6) is -1.11. The van der Waals surface area contributed by atoms with Crippen LogP contribution in [0.5, 0.6) is 11.5 Å². The molecule has 0 spiro atoms. The van der Waals surface area contributed by atoms with Crippen molar-refractivity contribution in [1.29, 1.82) is 0 Å². The van der Waals surface area contributed by atoms with Gasteiger partial charge in [0.1, 0.15) is 11.6 Å². The number of thiocarbonyl (C=S) groups is 1. The fourth-order valence-electron chi connectivity index (χ4n) is 4.54. The minimum absolute atomic E-state index is 0.00477. The lowest BCUT2D eigenvalue weighted by molar-refractivity contribution is -0.119. The van der Waals surface area contributed by atoms with E-state index in [0.717, 1.165) is 4.88 Å². The van der Waals surface area contributed by atoms with E-state index in [1.165, 1.54) is 54.8 Å². The van der Waals surface area contributed by atoms with Crippen LogP contribution in [0, 0.1) is 11.6 Å². The van der Waals surface area contributed by atoms with Crippen molar-refractivity contribution in [2.75, 3.05) is 19.0 Å². The molecular formula is C32H27F2N5O5S2. The number of benzene rings is 2. The SMILES string of the molecule is COCC(C)(OC(N)=O)c1ccc(-c2cc3nccc(Oc4ccc(NC(=S)NC(=O)Cc5ccc(F)cc5)cc4F)c3s2)nc1. The number of fused-ring (bicyclic) bond motifs is 1. The lowest BCUT2D eigenvalue weighted by Gasteiger charge is -2.28. The number of nitrogens with one attached hydrogen (secondary N) is 2. The van der Waals surface area contributed by atoms with Gasteiger partial charge >= 0.3 is 6.09 Å². The van der Waals surface area contributed by atoms with Crippen LogP contribution in [-0.2, 0) is 26.3 Å². The van der Waals surface area contributed by atoms with Crippen LogP contribution in [0.4, 0.5) is 19.3 Å². The van der Waals surface area contributed by atoms with Gasteiger partial charge in [0.25, 0.3) is 0 Å². The maximum Gasteiger partial charge on any atom is 0.405 e. The van der Waals surface area contributed by atoms with Crippen molar-refractivity contribution in [2.45, 2.75) is 18.9 Å². The molecular weight excluding hydrogens is 637 g/mol. The average Bonchev–Trinajstić information content (AvgIpc) is 3.45. The largest absolute Gasteiger partial charge is 0.453 e. The van der Waals surface area contributed by atoms with Crippen molar-refractivity contribution in [3.63, 3.8) is 0 Å². The van der Waals surface area contributed by atoms with Gasteiger partial charge in [0.15, 0.2) is 22.3 Å². The van der Waals surface area contributed by atoms with Gasteiger partial charge in [0.05, 0.1) is 33.8 Å². The Balaban J connectivity index is 1.27. The maximum absolute atomic E-state index is 15.1. The van der Waals surface area contributed by atoms with Crippen molar-refractivity contribution < 1.29 is 32.6 Å². The topological polar surface area (TPSA) is 138 Å². The number of aromatic nitrogens is 2. The minimum atomic E-state index is -1.12. The van der Waals surface area contributed by atoms with E-state index < -0.39 is 29.2 Å². The van der Waals surface area contributed by atoms with Gasteiger partial charge in [-0.3, -0.25) is 14.8 Å². The van der Waals surface area contributed by atoms with Crippen LogP contribution >= 0.6 is 23.6 Å². The molecule has 0 radical (unpaired) electrons. The lowest BCUT2D eigenvalue weighted by Crippen LogP contribution is -2.36. The van der Waals surface area contributed by atoms with Gasteiger partial charge in [0.2, 0.25) is 5.91 Å². The third kappa shape index (κ3) is 7.77. The van der Waals surface area contributed by atoms with E-state index in [1.54, 1.807) is 43.6 Å². The first-order valence-corrected chi connectivity index (χ1v) is 14.9. The molecule has 0 saturated carbocycles. The summed E-state index contributed by atoms with van der Waals surface area (Å²) in [6, 6.07) is 16.8. The van der Waals surface area contributed by atoms with Gasteiger partial charge in [-0.15, -0.1) is 11.3 Å². The van der Waals surface area contributed by atoms with E-state index in [9.17, 15) is 14.0 Å². The molecule has 0 aliphatic carbocycles.